The fraction of sp³-hybridized carbons (Fsp3) is 0. The lowest BCUT2D eigenvalue weighted by molar-refractivity contribution is 0.426. The van der Waals surface area contributed by atoms with Crippen molar-refractivity contribution in [2.45, 2.75) is 0 Å². The van der Waals surface area contributed by atoms with E-state index in [-0.39, 0.29) is 11.3 Å². The number of hydrogen-bond donors (Lipinski definition) is 3. The Hall–Kier alpha value is -1.11. The minimum atomic E-state index is -1.62. The van der Waals surface area contributed by atoms with Gasteiger partial charge in [0.15, 0.2) is 0 Å². The number of rotatable bonds is 1. The summed E-state index contributed by atoms with van der Waals surface area (Å²) >= 11 is 1.14. The molecule has 1 aromatic heterocycles. The van der Waals surface area contributed by atoms with Gasteiger partial charge in [-0.05, 0) is 17.5 Å². The van der Waals surface area contributed by atoms with Crippen molar-refractivity contribution >= 4 is 39.0 Å². The summed E-state index contributed by atoms with van der Waals surface area (Å²) in [6, 6.07) is 4.08. The standard InChI is InChI=1S/C8H7BFNO2S/c10-4-1-2-5-6(3-4)14-8(11)7(5)9(12)13/h1-3,12-13H,11H2. The van der Waals surface area contributed by atoms with Crippen molar-refractivity contribution in [1.82, 2.24) is 0 Å². The zero-order chi connectivity index (χ0) is 10.3. The van der Waals surface area contributed by atoms with Crippen molar-refractivity contribution in [3.63, 3.8) is 0 Å². The van der Waals surface area contributed by atoms with Crippen molar-refractivity contribution in [2.75, 3.05) is 5.73 Å². The number of hydrogen-bond acceptors (Lipinski definition) is 4. The van der Waals surface area contributed by atoms with Gasteiger partial charge in [0.2, 0.25) is 0 Å². The number of anilines is 1. The molecule has 0 spiro atoms. The second-order valence-electron chi connectivity index (χ2n) is 2.89. The largest absolute Gasteiger partial charge is 0.492 e. The van der Waals surface area contributed by atoms with Crippen molar-refractivity contribution in [3.05, 3.63) is 24.0 Å². The zero-order valence-corrected chi connectivity index (χ0v) is 7.88. The second kappa shape index (κ2) is 3.23. The van der Waals surface area contributed by atoms with E-state index in [0.29, 0.717) is 15.1 Å². The van der Waals surface area contributed by atoms with Gasteiger partial charge in [-0.25, -0.2) is 4.39 Å². The van der Waals surface area contributed by atoms with Crippen LogP contribution in [-0.4, -0.2) is 17.2 Å². The number of benzene rings is 1. The normalized spacial score (nSPS) is 10.8. The molecule has 0 aliphatic rings. The van der Waals surface area contributed by atoms with E-state index >= 15 is 0 Å². The summed E-state index contributed by atoms with van der Waals surface area (Å²) in [5.41, 5.74) is 5.84. The van der Waals surface area contributed by atoms with Crippen LogP contribution in [0.5, 0.6) is 0 Å². The van der Waals surface area contributed by atoms with Gasteiger partial charge in [-0.2, -0.15) is 0 Å². The Morgan fingerprint density at radius 3 is 2.71 bits per heavy atom. The van der Waals surface area contributed by atoms with Crippen molar-refractivity contribution in [2.24, 2.45) is 0 Å². The smallest absolute Gasteiger partial charge is 0.423 e. The first-order chi connectivity index (χ1) is 6.59. The maximum Gasteiger partial charge on any atom is 0.492 e. The molecule has 2 rings (SSSR count). The molecule has 0 saturated heterocycles. The van der Waals surface area contributed by atoms with E-state index in [1.807, 2.05) is 0 Å². The molecule has 0 bridgehead atoms. The van der Waals surface area contributed by atoms with Crippen LogP contribution < -0.4 is 11.2 Å². The lowest BCUT2D eigenvalue weighted by Gasteiger charge is -1.97. The summed E-state index contributed by atoms with van der Waals surface area (Å²) in [6.45, 7) is 0. The molecular weight excluding hydrogens is 204 g/mol. The van der Waals surface area contributed by atoms with Crippen LogP contribution in [-0.2, 0) is 0 Å². The van der Waals surface area contributed by atoms with Gasteiger partial charge in [-0.15, -0.1) is 11.3 Å². The highest BCUT2D eigenvalue weighted by Crippen LogP contribution is 2.26. The second-order valence-corrected chi connectivity index (χ2v) is 3.98. The van der Waals surface area contributed by atoms with Crippen LogP contribution in [0.3, 0.4) is 0 Å². The third-order valence-corrected chi connectivity index (χ3v) is 2.97. The van der Waals surface area contributed by atoms with Gasteiger partial charge in [-0.3, -0.25) is 0 Å². The van der Waals surface area contributed by atoms with E-state index in [1.165, 1.54) is 18.2 Å². The van der Waals surface area contributed by atoms with E-state index in [0.717, 1.165) is 11.3 Å². The minimum absolute atomic E-state index is 0.255. The molecule has 14 heavy (non-hydrogen) atoms. The van der Waals surface area contributed by atoms with Gasteiger partial charge >= 0.3 is 7.12 Å². The molecule has 0 atom stereocenters. The molecule has 4 N–H and O–H groups in total. The number of fused-ring (bicyclic) bond motifs is 1. The highest BCUT2D eigenvalue weighted by atomic mass is 32.1. The number of nitrogens with two attached hydrogens (primary N) is 1. The van der Waals surface area contributed by atoms with E-state index < -0.39 is 7.12 Å². The maximum absolute atomic E-state index is 12.8. The number of halogens is 1. The lowest BCUT2D eigenvalue weighted by atomic mass is 9.79. The SMILES string of the molecule is Nc1sc2cc(F)ccc2c1B(O)O. The molecule has 0 unspecified atom stereocenters. The van der Waals surface area contributed by atoms with Crippen LogP contribution in [0.4, 0.5) is 9.39 Å². The molecule has 6 heteroatoms. The molecule has 72 valence electrons. The molecule has 0 aliphatic carbocycles. The number of thiophene rings is 1. The molecule has 0 fully saturated rings. The molecule has 1 aromatic carbocycles. The van der Waals surface area contributed by atoms with Crippen LogP contribution in [0.15, 0.2) is 18.2 Å². The van der Waals surface area contributed by atoms with E-state index in [2.05, 4.69) is 0 Å². The molecular formula is C8H7BFNO2S. The Kier molecular flexibility index (Phi) is 2.18. The minimum Gasteiger partial charge on any atom is -0.423 e. The Bertz CT molecular complexity index is 485. The van der Waals surface area contributed by atoms with E-state index in [9.17, 15) is 4.39 Å². The fourth-order valence-corrected chi connectivity index (χ4v) is 2.40. The first-order valence-corrected chi connectivity index (χ1v) is 4.75. The Morgan fingerprint density at radius 2 is 2.07 bits per heavy atom. The Labute approximate surface area is 83.7 Å². The van der Waals surface area contributed by atoms with Crippen LogP contribution in [0.2, 0.25) is 0 Å². The third kappa shape index (κ3) is 1.37. The van der Waals surface area contributed by atoms with Gasteiger partial charge in [0.1, 0.15) is 5.82 Å². The summed E-state index contributed by atoms with van der Waals surface area (Å²) in [4.78, 5) is 0. The van der Waals surface area contributed by atoms with Gasteiger partial charge in [0.05, 0.1) is 5.00 Å². The number of nitrogen functional groups attached to an aromatic ring is 1. The molecule has 0 aliphatic heterocycles. The predicted octanol–water partition coefficient (Wildman–Crippen LogP) is 0.302. The maximum atomic E-state index is 12.8. The lowest BCUT2D eigenvalue weighted by Crippen LogP contribution is -2.31. The van der Waals surface area contributed by atoms with Gasteiger partial charge < -0.3 is 15.8 Å². The molecule has 0 amide bonds. The van der Waals surface area contributed by atoms with Gasteiger partial charge in [0.25, 0.3) is 0 Å². The van der Waals surface area contributed by atoms with Crippen LogP contribution in [0.1, 0.15) is 0 Å². The van der Waals surface area contributed by atoms with Crippen molar-refractivity contribution < 1.29 is 14.4 Å². The first kappa shape index (κ1) is 9.45. The van der Waals surface area contributed by atoms with E-state index in [4.69, 9.17) is 15.8 Å². The van der Waals surface area contributed by atoms with E-state index in [1.54, 1.807) is 0 Å². The average molecular weight is 211 g/mol. The molecule has 2 aromatic rings. The Morgan fingerprint density at radius 1 is 1.36 bits per heavy atom. The predicted molar refractivity (Wildman–Crippen MR) is 56.0 cm³/mol. The molecule has 0 saturated carbocycles. The highest BCUT2D eigenvalue weighted by molar-refractivity contribution is 7.24. The summed E-state index contributed by atoms with van der Waals surface area (Å²) in [6.07, 6.45) is 0. The topological polar surface area (TPSA) is 66.5 Å². The molecule has 1 heterocycles. The quantitative estimate of drug-likeness (QED) is 0.594. The summed E-state index contributed by atoms with van der Waals surface area (Å²) < 4.78 is 13.4. The first-order valence-electron chi connectivity index (χ1n) is 3.93. The summed E-state index contributed by atoms with van der Waals surface area (Å²) in [5, 5.41) is 19.0. The van der Waals surface area contributed by atoms with Crippen LogP contribution in [0, 0.1) is 5.82 Å². The Balaban J connectivity index is 2.77. The summed E-state index contributed by atoms with van der Waals surface area (Å²) in [7, 11) is -1.62. The van der Waals surface area contributed by atoms with Crippen molar-refractivity contribution in [1.29, 1.82) is 0 Å². The van der Waals surface area contributed by atoms with Crippen LogP contribution in [0.25, 0.3) is 10.1 Å². The highest BCUT2D eigenvalue weighted by Gasteiger charge is 2.20. The van der Waals surface area contributed by atoms with Crippen molar-refractivity contribution in [3.8, 4) is 0 Å². The molecule has 3 nitrogen and oxygen atoms in total. The van der Waals surface area contributed by atoms with Gasteiger partial charge in [-0.1, -0.05) is 6.07 Å². The fourth-order valence-electron chi connectivity index (χ4n) is 1.38. The summed E-state index contributed by atoms with van der Waals surface area (Å²) in [5.74, 6) is -0.363. The van der Waals surface area contributed by atoms with Gasteiger partial charge in [0, 0.05) is 10.2 Å². The van der Waals surface area contributed by atoms with Crippen LogP contribution >= 0.6 is 11.3 Å². The third-order valence-electron chi connectivity index (χ3n) is 1.98. The monoisotopic (exact) mass is 211 g/mol. The molecule has 0 radical (unpaired) electrons. The average Bonchev–Trinajstić information content (AvgIpc) is 2.39. The zero-order valence-electron chi connectivity index (χ0n) is 7.07.